The molecule has 0 heterocycles. The molecule has 2 aromatic carbocycles. The molecule has 0 fully saturated rings. The van der Waals surface area contributed by atoms with E-state index in [0.29, 0.717) is 5.56 Å². The van der Waals surface area contributed by atoms with Crippen LogP contribution in [0.25, 0.3) is 0 Å². The van der Waals surface area contributed by atoms with Gasteiger partial charge in [0.25, 0.3) is 0 Å². The lowest BCUT2D eigenvalue weighted by Gasteiger charge is -2.10. The van der Waals surface area contributed by atoms with E-state index in [0.717, 1.165) is 17.7 Å². The molecule has 2 rings (SSSR count). The third-order valence-corrected chi connectivity index (χ3v) is 5.66. The normalized spacial score (nSPS) is 12.4. The van der Waals surface area contributed by atoms with Gasteiger partial charge in [-0.15, -0.1) is 0 Å². The number of benzene rings is 2. The van der Waals surface area contributed by atoms with Crippen molar-refractivity contribution in [2.75, 3.05) is 0 Å². The third-order valence-electron chi connectivity index (χ3n) is 2.99. The smallest absolute Gasteiger partial charge is 0.219 e. The van der Waals surface area contributed by atoms with Gasteiger partial charge in [0.05, 0.1) is 9.79 Å². The first kappa shape index (κ1) is 16.9. The van der Waals surface area contributed by atoms with E-state index in [1.54, 1.807) is 19.1 Å². The van der Waals surface area contributed by atoms with Gasteiger partial charge in [-0.05, 0) is 61.5 Å². The summed E-state index contributed by atoms with van der Waals surface area (Å²) in [5.41, 5.74) is -2.85. The van der Waals surface area contributed by atoms with Crippen LogP contribution in [0.2, 0.25) is 0 Å². The Balaban J connectivity index is 2.38. The number of hydrogen-bond acceptors (Lipinski definition) is 3. The second-order valence-electron chi connectivity index (χ2n) is 4.79. The van der Waals surface area contributed by atoms with Crippen molar-refractivity contribution in [3.63, 3.8) is 0 Å². The Morgan fingerprint density at radius 3 is 2.05 bits per heavy atom. The number of sulfone groups is 1. The van der Waals surface area contributed by atoms with Crippen molar-refractivity contribution in [1.82, 2.24) is 0 Å². The summed E-state index contributed by atoms with van der Waals surface area (Å²) < 4.78 is 61.9. The highest BCUT2D eigenvalue weighted by Gasteiger charge is 2.29. The minimum Gasteiger partial charge on any atom is -0.219 e. The van der Waals surface area contributed by atoms with Crippen LogP contribution in [-0.4, -0.2) is 13.9 Å². The first-order chi connectivity index (χ1) is 10.1. The van der Waals surface area contributed by atoms with Crippen molar-refractivity contribution in [1.29, 1.82) is 0 Å². The van der Waals surface area contributed by atoms with Crippen LogP contribution in [0.1, 0.15) is 11.1 Å². The molecule has 0 aliphatic carbocycles. The number of hydrogen-bond donors (Lipinski definition) is 0. The minimum absolute atomic E-state index is 0.0222. The second kappa shape index (κ2) is 5.96. The summed E-state index contributed by atoms with van der Waals surface area (Å²) in [6.07, 6.45) is 0. The third kappa shape index (κ3) is 3.84. The van der Waals surface area contributed by atoms with Gasteiger partial charge < -0.3 is 0 Å². The summed E-state index contributed by atoms with van der Waals surface area (Å²) in [4.78, 5) is 0.0902. The zero-order chi connectivity index (χ0) is 16.5. The Morgan fingerprint density at radius 1 is 0.955 bits per heavy atom. The molecule has 0 radical (unpaired) electrons. The Labute approximate surface area is 131 Å². The first-order valence-corrected chi connectivity index (χ1v) is 8.58. The Bertz CT molecular complexity index is 779. The molecule has 0 atom stereocenters. The molecule has 0 unspecified atom stereocenters. The van der Waals surface area contributed by atoms with Gasteiger partial charge in [-0.3, -0.25) is 0 Å². The van der Waals surface area contributed by atoms with Gasteiger partial charge in [0, 0.05) is 4.90 Å². The van der Waals surface area contributed by atoms with Gasteiger partial charge in [0.1, 0.15) is 0 Å². The predicted octanol–water partition coefficient (Wildman–Crippen LogP) is 4.75. The molecule has 22 heavy (non-hydrogen) atoms. The fourth-order valence-electron chi connectivity index (χ4n) is 2.05. The van der Waals surface area contributed by atoms with E-state index in [1.807, 2.05) is 6.92 Å². The molecule has 0 saturated heterocycles. The monoisotopic (exact) mass is 346 g/mol. The SMILES string of the molecule is Cc1ccc(S(=O)(=O)c2ccc(SC(F)(F)F)cc2)c(C)c1. The molecule has 118 valence electrons. The van der Waals surface area contributed by atoms with Gasteiger partial charge >= 0.3 is 5.51 Å². The Hall–Kier alpha value is -1.47. The van der Waals surface area contributed by atoms with Crippen LogP contribution < -0.4 is 0 Å². The maximum Gasteiger partial charge on any atom is 0.446 e. The average Bonchev–Trinajstić information content (AvgIpc) is 2.36. The molecule has 0 aliphatic heterocycles. The number of aryl methyl sites for hydroxylation is 2. The standard InChI is InChI=1S/C15H13F3O2S2/c1-10-3-8-14(11(2)9-10)22(19,20)13-6-4-12(5-7-13)21-15(16,17)18/h3-9H,1-2H3. The predicted molar refractivity (Wildman–Crippen MR) is 79.7 cm³/mol. The Kier molecular flexibility index (Phi) is 4.58. The molecule has 0 aromatic heterocycles. The van der Waals surface area contributed by atoms with E-state index >= 15 is 0 Å². The lowest BCUT2D eigenvalue weighted by atomic mass is 10.2. The summed E-state index contributed by atoms with van der Waals surface area (Å²) in [5.74, 6) is 0. The topological polar surface area (TPSA) is 34.1 Å². The fraction of sp³-hybridized carbons (Fsp3) is 0.200. The van der Waals surface area contributed by atoms with Crippen LogP contribution in [0, 0.1) is 13.8 Å². The molecule has 0 amide bonds. The highest BCUT2D eigenvalue weighted by molar-refractivity contribution is 8.00. The van der Waals surface area contributed by atoms with Gasteiger partial charge in [-0.25, -0.2) is 8.42 Å². The zero-order valence-electron chi connectivity index (χ0n) is 11.8. The first-order valence-electron chi connectivity index (χ1n) is 6.28. The quantitative estimate of drug-likeness (QED) is 0.752. The van der Waals surface area contributed by atoms with Gasteiger partial charge in [-0.2, -0.15) is 13.2 Å². The number of thioether (sulfide) groups is 1. The number of rotatable bonds is 3. The molecule has 7 heteroatoms. The van der Waals surface area contributed by atoms with E-state index in [9.17, 15) is 21.6 Å². The number of halogens is 3. The zero-order valence-corrected chi connectivity index (χ0v) is 13.4. The maximum absolute atomic E-state index is 12.5. The summed E-state index contributed by atoms with van der Waals surface area (Å²) in [6, 6.07) is 9.67. The van der Waals surface area contributed by atoms with Crippen molar-refractivity contribution in [2.24, 2.45) is 0 Å². The maximum atomic E-state index is 12.5. The average molecular weight is 346 g/mol. The van der Waals surface area contributed by atoms with Gasteiger partial charge in [-0.1, -0.05) is 17.7 Å². The van der Waals surface area contributed by atoms with Gasteiger partial charge in [0.2, 0.25) is 9.84 Å². The lowest BCUT2D eigenvalue weighted by Crippen LogP contribution is -2.04. The molecule has 0 aliphatic rings. The molecule has 0 N–H and O–H groups in total. The highest BCUT2D eigenvalue weighted by atomic mass is 32.2. The molecule has 0 spiro atoms. The lowest BCUT2D eigenvalue weighted by molar-refractivity contribution is -0.0328. The summed E-state index contributed by atoms with van der Waals surface area (Å²) in [5, 5.41) is 0. The van der Waals surface area contributed by atoms with Crippen LogP contribution in [0.4, 0.5) is 13.2 Å². The van der Waals surface area contributed by atoms with E-state index < -0.39 is 15.3 Å². The molecule has 0 saturated carbocycles. The van der Waals surface area contributed by atoms with Crippen LogP contribution in [0.15, 0.2) is 57.2 Å². The van der Waals surface area contributed by atoms with E-state index in [2.05, 4.69) is 0 Å². The largest absolute Gasteiger partial charge is 0.446 e. The van der Waals surface area contributed by atoms with E-state index in [1.165, 1.54) is 18.2 Å². The fourth-order valence-corrected chi connectivity index (χ4v) is 4.07. The summed E-state index contributed by atoms with van der Waals surface area (Å²) in [6.45, 7) is 3.54. The number of alkyl halides is 3. The summed E-state index contributed by atoms with van der Waals surface area (Å²) >= 11 is -0.274. The van der Waals surface area contributed by atoms with Crippen molar-refractivity contribution < 1.29 is 21.6 Å². The molecule has 0 bridgehead atoms. The van der Waals surface area contributed by atoms with Crippen molar-refractivity contribution >= 4 is 21.6 Å². The van der Waals surface area contributed by atoms with Crippen LogP contribution in [-0.2, 0) is 9.84 Å². The van der Waals surface area contributed by atoms with Crippen molar-refractivity contribution in [3.8, 4) is 0 Å². The Morgan fingerprint density at radius 2 is 1.55 bits per heavy atom. The summed E-state index contributed by atoms with van der Waals surface area (Å²) in [7, 11) is -3.74. The van der Waals surface area contributed by atoms with E-state index in [4.69, 9.17) is 0 Å². The van der Waals surface area contributed by atoms with Gasteiger partial charge in [0.15, 0.2) is 0 Å². The van der Waals surface area contributed by atoms with E-state index in [-0.39, 0.29) is 26.4 Å². The molecule has 2 nitrogen and oxygen atoms in total. The van der Waals surface area contributed by atoms with Crippen LogP contribution in [0.5, 0.6) is 0 Å². The minimum atomic E-state index is -4.39. The molecular formula is C15H13F3O2S2. The van der Waals surface area contributed by atoms with Crippen molar-refractivity contribution in [3.05, 3.63) is 53.6 Å². The molecular weight excluding hydrogens is 333 g/mol. The van der Waals surface area contributed by atoms with Crippen LogP contribution in [0.3, 0.4) is 0 Å². The highest BCUT2D eigenvalue weighted by Crippen LogP contribution is 2.37. The second-order valence-corrected chi connectivity index (χ2v) is 7.85. The van der Waals surface area contributed by atoms with Crippen LogP contribution >= 0.6 is 11.8 Å². The van der Waals surface area contributed by atoms with Crippen molar-refractivity contribution in [2.45, 2.75) is 34.0 Å². The molecule has 2 aromatic rings.